The predicted octanol–water partition coefficient (Wildman–Crippen LogP) is 3.98. The Morgan fingerprint density at radius 1 is 1.26 bits per heavy atom. The fraction of sp³-hybridized carbons (Fsp3) is 0.400. The molecule has 0 saturated carbocycles. The van der Waals surface area contributed by atoms with Gasteiger partial charge in [-0.05, 0) is 55.4 Å². The summed E-state index contributed by atoms with van der Waals surface area (Å²) < 4.78 is 0. The molecule has 0 spiro atoms. The average Bonchev–Trinajstić information content (AvgIpc) is 2.46. The Morgan fingerprint density at radius 3 is 2.95 bits per heavy atom. The highest BCUT2D eigenvalue weighted by Gasteiger charge is 2.14. The van der Waals surface area contributed by atoms with Crippen molar-refractivity contribution in [2.75, 3.05) is 18.8 Å². The highest BCUT2D eigenvalue weighted by atomic mass is 35.5. The second-order valence-corrected chi connectivity index (χ2v) is 6.48. The van der Waals surface area contributed by atoms with Crippen LogP contribution in [0.15, 0.2) is 35.5 Å². The molecular weight excluding hydrogens is 276 g/mol. The topological polar surface area (TPSA) is 24.9 Å². The summed E-state index contributed by atoms with van der Waals surface area (Å²) in [5, 5.41) is 6.58. The molecule has 1 N–H and O–H groups in total. The maximum absolute atomic E-state index is 6.36. The van der Waals surface area contributed by atoms with Crippen LogP contribution in [0.1, 0.15) is 12.8 Å². The lowest BCUT2D eigenvalue weighted by Crippen LogP contribution is -2.28. The van der Waals surface area contributed by atoms with Crippen molar-refractivity contribution in [3.63, 3.8) is 0 Å². The number of fused-ring (bicyclic) bond motifs is 1. The van der Waals surface area contributed by atoms with Crippen LogP contribution in [0.5, 0.6) is 0 Å². The molecule has 1 aliphatic heterocycles. The van der Waals surface area contributed by atoms with E-state index in [1.54, 1.807) is 0 Å². The molecule has 1 aromatic carbocycles. The SMILES string of the molecule is Clc1cc2cnccc2cc1SCC1CCNCC1. The van der Waals surface area contributed by atoms with E-state index < -0.39 is 0 Å². The number of nitrogens with one attached hydrogen (secondary N) is 1. The molecule has 0 unspecified atom stereocenters. The van der Waals surface area contributed by atoms with Gasteiger partial charge < -0.3 is 5.32 Å². The molecule has 1 saturated heterocycles. The van der Waals surface area contributed by atoms with Crippen LogP contribution in [0.4, 0.5) is 0 Å². The zero-order valence-electron chi connectivity index (χ0n) is 10.7. The van der Waals surface area contributed by atoms with Crippen molar-refractivity contribution < 1.29 is 0 Å². The van der Waals surface area contributed by atoms with Crippen molar-refractivity contribution in [2.24, 2.45) is 5.92 Å². The van der Waals surface area contributed by atoms with E-state index in [9.17, 15) is 0 Å². The molecule has 100 valence electrons. The number of aromatic nitrogens is 1. The molecule has 2 nitrogen and oxygen atoms in total. The molecule has 0 radical (unpaired) electrons. The van der Waals surface area contributed by atoms with Gasteiger partial charge in [0.05, 0.1) is 5.02 Å². The molecule has 1 fully saturated rings. The number of piperidine rings is 1. The van der Waals surface area contributed by atoms with Gasteiger partial charge in [-0.25, -0.2) is 0 Å². The first kappa shape index (κ1) is 13.2. The quantitative estimate of drug-likeness (QED) is 0.866. The standard InChI is InChI=1S/C15H17ClN2S/c16-14-7-13-9-18-6-3-12(13)8-15(14)19-10-11-1-4-17-5-2-11/h3,6-9,11,17H,1-2,4-5,10H2. The van der Waals surface area contributed by atoms with E-state index >= 15 is 0 Å². The van der Waals surface area contributed by atoms with Crippen LogP contribution in [-0.4, -0.2) is 23.8 Å². The van der Waals surface area contributed by atoms with Gasteiger partial charge in [-0.3, -0.25) is 4.98 Å². The highest BCUT2D eigenvalue weighted by Crippen LogP contribution is 2.33. The summed E-state index contributed by atoms with van der Waals surface area (Å²) in [4.78, 5) is 5.32. The fourth-order valence-corrected chi connectivity index (χ4v) is 3.95. The smallest absolute Gasteiger partial charge is 0.0548 e. The third-order valence-corrected chi connectivity index (χ3v) is 5.34. The summed E-state index contributed by atoms with van der Waals surface area (Å²) in [6.45, 7) is 2.31. The Hall–Kier alpha value is -0.770. The molecule has 0 aliphatic carbocycles. The zero-order chi connectivity index (χ0) is 13.1. The van der Waals surface area contributed by atoms with E-state index in [1.807, 2.05) is 36.3 Å². The van der Waals surface area contributed by atoms with Gasteiger partial charge in [-0.2, -0.15) is 0 Å². The van der Waals surface area contributed by atoms with Gasteiger partial charge in [0, 0.05) is 28.4 Å². The van der Waals surface area contributed by atoms with Crippen LogP contribution in [0.3, 0.4) is 0 Å². The van der Waals surface area contributed by atoms with Crippen molar-refractivity contribution in [1.82, 2.24) is 10.3 Å². The van der Waals surface area contributed by atoms with Crippen LogP contribution in [0, 0.1) is 5.92 Å². The van der Waals surface area contributed by atoms with Crippen molar-refractivity contribution >= 4 is 34.1 Å². The number of rotatable bonds is 3. The minimum atomic E-state index is 0.815. The van der Waals surface area contributed by atoms with Gasteiger partial charge in [0.25, 0.3) is 0 Å². The lowest BCUT2D eigenvalue weighted by Gasteiger charge is -2.22. The number of halogens is 1. The maximum atomic E-state index is 6.36. The molecular formula is C15H17ClN2S. The van der Waals surface area contributed by atoms with E-state index in [1.165, 1.54) is 23.1 Å². The van der Waals surface area contributed by atoms with Crippen molar-refractivity contribution in [1.29, 1.82) is 0 Å². The molecule has 0 bridgehead atoms. The summed E-state index contributed by atoms with van der Waals surface area (Å²) in [7, 11) is 0. The zero-order valence-corrected chi connectivity index (χ0v) is 12.3. The minimum absolute atomic E-state index is 0.815. The molecule has 2 aromatic rings. The first-order chi connectivity index (χ1) is 9.33. The van der Waals surface area contributed by atoms with Crippen LogP contribution < -0.4 is 5.32 Å². The Kier molecular flexibility index (Phi) is 4.26. The summed E-state index contributed by atoms with van der Waals surface area (Å²) >= 11 is 8.25. The predicted molar refractivity (Wildman–Crippen MR) is 83.1 cm³/mol. The monoisotopic (exact) mass is 292 g/mol. The average molecular weight is 293 g/mol. The number of hydrogen-bond acceptors (Lipinski definition) is 3. The molecule has 4 heteroatoms. The second-order valence-electron chi connectivity index (χ2n) is 5.01. The molecule has 0 atom stereocenters. The molecule has 19 heavy (non-hydrogen) atoms. The number of pyridine rings is 1. The van der Waals surface area contributed by atoms with E-state index in [4.69, 9.17) is 11.6 Å². The molecule has 1 aliphatic rings. The largest absolute Gasteiger partial charge is 0.317 e. The highest BCUT2D eigenvalue weighted by molar-refractivity contribution is 7.99. The molecule has 2 heterocycles. The van der Waals surface area contributed by atoms with Crippen molar-refractivity contribution in [3.8, 4) is 0 Å². The van der Waals surface area contributed by atoms with E-state index in [2.05, 4.69) is 16.4 Å². The van der Waals surface area contributed by atoms with Gasteiger partial charge in [0.2, 0.25) is 0 Å². The third kappa shape index (κ3) is 3.22. The first-order valence-electron chi connectivity index (χ1n) is 6.70. The van der Waals surface area contributed by atoms with Crippen LogP contribution in [0.25, 0.3) is 10.8 Å². The Labute approximate surface area is 122 Å². The summed E-state index contributed by atoms with van der Waals surface area (Å²) in [5.41, 5.74) is 0. The second kappa shape index (κ2) is 6.12. The number of thioether (sulfide) groups is 1. The van der Waals surface area contributed by atoms with Crippen LogP contribution >= 0.6 is 23.4 Å². The number of benzene rings is 1. The summed E-state index contributed by atoms with van der Waals surface area (Å²) in [6, 6.07) is 6.25. The van der Waals surface area contributed by atoms with Crippen molar-refractivity contribution in [3.05, 3.63) is 35.6 Å². The molecule has 0 amide bonds. The minimum Gasteiger partial charge on any atom is -0.317 e. The number of hydrogen-bond donors (Lipinski definition) is 1. The van der Waals surface area contributed by atoms with Crippen molar-refractivity contribution in [2.45, 2.75) is 17.7 Å². The number of nitrogens with zero attached hydrogens (tertiary/aromatic N) is 1. The van der Waals surface area contributed by atoms with Gasteiger partial charge in [-0.1, -0.05) is 11.6 Å². The lowest BCUT2D eigenvalue weighted by molar-refractivity contribution is 0.408. The van der Waals surface area contributed by atoms with Crippen LogP contribution in [-0.2, 0) is 0 Å². The van der Waals surface area contributed by atoms with E-state index in [0.717, 1.165) is 35.2 Å². The summed E-state index contributed by atoms with van der Waals surface area (Å²) in [6.07, 6.45) is 6.25. The molecule has 3 rings (SSSR count). The van der Waals surface area contributed by atoms with Gasteiger partial charge in [-0.15, -0.1) is 11.8 Å². The first-order valence-corrected chi connectivity index (χ1v) is 8.06. The lowest BCUT2D eigenvalue weighted by atomic mass is 10.0. The maximum Gasteiger partial charge on any atom is 0.0548 e. The fourth-order valence-electron chi connectivity index (χ4n) is 2.45. The van der Waals surface area contributed by atoms with E-state index in [-0.39, 0.29) is 0 Å². The third-order valence-electron chi connectivity index (χ3n) is 3.62. The van der Waals surface area contributed by atoms with Gasteiger partial charge in [0.15, 0.2) is 0 Å². The normalized spacial score (nSPS) is 16.9. The van der Waals surface area contributed by atoms with Gasteiger partial charge in [0.1, 0.15) is 0 Å². The van der Waals surface area contributed by atoms with Gasteiger partial charge >= 0.3 is 0 Å². The van der Waals surface area contributed by atoms with Crippen LogP contribution in [0.2, 0.25) is 5.02 Å². The summed E-state index contributed by atoms with van der Waals surface area (Å²) in [5.74, 6) is 1.98. The Balaban J connectivity index is 1.74. The Bertz CT molecular complexity index is 567. The van der Waals surface area contributed by atoms with E-state index in [0.29, 0.717) is 0 Å². The molecule has 1 aromatic heterocycles. The Morgan fingerprint density at radius 2 is 2.11 bits per heavy atom.